The molecule has 1 aromatic carbocycles. The van der Waals surface area contributed by atoms with E-state index in [-0.39, 0.29) is 29.9 Å². The van der Waals surface area contributed by atoms with E-state index in [1.807, 2.05) is 6.07 Å². The molecule has 1 unspecified atom stereocenters. The molecule has 0 aliphatic carbocycles. The lowest BCUT2D eigenvalue weighted by molar-refractivity contribution is -0.136. The Hall–Kier alpha value is -5.64. The van der Waals surface area contributed by atoms with Crippen molar-refractivity contribution >= 4 is 35.5 Å². The van der Waals surface area contributed by atoms with Crippen molar-refractivity contribution in [1.29, 1.82) is 5.26 Å². The fraction of sp³-hybridized carbons (Fsp3) is 0.241. The smallest absolute Gasteiger partial charge is 0.321 e. The standard InChI is InChI=1S/C29H25N7O6/c1-29(2,19-6-4-16(11-21(19)42-3)17-10-15(12-30)13-31-14-17)35-28(41)33-22-8-5-18-24(32-22)27(40)36(26(18)39)20-7-9-23(37)34-25(20)38/h4-6,8,10-11,13-14,20H,7,9H2,1-3H3,(H,34,37,38)(H2,32,33,35,41). The Bertz CT molecular complexity index is 1710. The Kier molecular flexibility index (Phi) is 7.13. The van der Waals surface area contributed by atoms with Crippen LogP contribution in [-0.4, -0.2) is 57.7 Å². The average Bonchev–Trinajstić information content (AvgIpc) is 3.21. The number of methoxy groups -OCH3 is 1. The SMILES string of the molecule is COc1cc(-c2cncc(C#N)c2)ccc1C(C)(C)NC(=O)Nc1ccc2c(n1)C(=O)N(C1CCC(=O)NC1=O)C2=O. The maximum absolute atomic E-state index is 13.0. The molecule has 3 N–H and O–H groups in total. The van der Waals surface area contributed by atoms with Gasteiger partial charge in [0.05, 0.1) is 23.8 Å². The zero-order valence-electron chi connectivity index (χ0n) is 22.8. The average molecular weight is 568 g/mol. The number of anilines is 1. The number of nitriles is 1. The van der Waals surface area contributed by atoms with E-state index in [1.165, 1.54) is 25.4 Å². The molecule has 0 radical (unpaired) electrons. The molecule has 0 bridgehead atoms. The molecular formula is C29H25N7O6. The third kappa shape index (κ3) is 5.13. The van der Waals surface area contributed by atoms with Gasteiger partial charge in [-0.15, -0.1) is 0 Å². The number of piperidine rings is 1. The van der Waals surface area contributed by atoms with Gasteiger partial charge >= 0.3 is 6.03 Å². The van der Waals surface area contributed by atoms with Gasteiger partial charge in [0.2, 0.25) is 11.8 Å². The maximum Gasteiger partial charge on any atom is 0.321 e. The molecule has 4 heterocycles. The maximum atomic E-state index is 13.0. The first kappa shape index (κ1) is 27.9. The number of carbonyl (C=O) groups is 5. The van der Waals surface area contributed by atoms with Crippen LogP contribution in [0.25, 0.3) is 11.1 Å². The summed E-state index contributed by atoms with van der Waals surface area (Å²) in [5, 5.41) is 16.8. The molecule has 42 heavy (non-hydrogen) atoms. The van der Waals surface area contributed by atoms with Gasteiger partial charge in [0.25, 0.3) is 11.8 Å². The second-order valence-electron chi connectivity index (χ2n) is 10.2. The van der Waals surface area contributed by atoms with Crippen molar-refractivity contribution in [3.63, 3.8) is 0 Å². The highest BCUT2D eigenvalue weighted by molar-refractivity contribution is 6.22. The van der Waals surface area contributed by atoms with Crippen LogP contribution in [0.3, 0.4) is 0 Å². The van der Waals surface area contributed by atoms with Gasteiger partial charge in [0.1, 0.15) is 29.4 Å². The minimum Gasteiger partial charge on any atom is -0.496 e. The molecule has 0 spiro atoms. The second kappa shape index (κ2) is 10.7. The molecule has 13 heteroatoms. The molecule has 212 valence electrons. The molecule has 1 saturated heterocycles. The van der Waals surface area contributed by atoms with Crippen LogP contribution in [0, 0.1) is 11.3 Å². The number of fused-ring (bicyclic) bond motifs is 1. The summed E-state index contributed by atoms with van der Waals surface area (Å²) in [7, 11) is 1.51. The number of hydrogen-bond donors (Lipinski definition) is 3. The van der Waals surface area contributed by atoms with Crippen molar-refractivity contribution in [3.8, 4) is 22.9 Å². The number of aromatic nitrogens is 2. The first-order valence-electron chi connectivity index (χ1n) is 12.9. The number of pyridine rings is 2. The number of ether oxygens (including phenoxy) is 1. The molecule has 2 aromatic heterocycles. The van der Waals surface area contributed by atoms with Crippen molar-refractivity contribution in [2.24, 2.45) is 0 Å². The third-order valence-corrected chi connectivity index (χ3v) is 7.03. The van der Waals surface area contributed by atoms with Gasteiger partial charge in [-0.1, -0.05) is 12.1 Å². The lowest BCUT2D eigenvalue weighted by Gasteiger charge is -2.29. The van der Waals surface area contributed by atoms with Gasteiger partial charge in [0.15, 0.2) is 0 Å². The second-order valence-corrected chi connectivity index (χ2v) is 10.2. The molecule has 2 aliphatic rings. The van der Waals surface area contributed by atoms with E-state index in [1.54, 1.807) is 38.2 Å². The predicted octanol–water partition coefficient (Wildman–Crippen LogP) is 2.48. The van der Waals surface area contributed by atoms with E-state index in [0.717, 1.165) is 16.0 Å². The summed E-state index contributed by atoms with van der Waals surface area (Å²) >= 11 is 0. The van der Waals surface area contributed by atoms with E-state index in [4.69, 9.17) is 4.74 Å². The Morgan fingerprint density at radius 1 is 1.10 bits per heavy atom. The van der Waals surface area contributed by atoms with Gasteiger partial charge in [0, 0.05) is 29.9 Å². The number of amides is 6. The summed E-state index contributed by atoms with van der Waals surface area (Å²) in [6.07, 6.45) is 3.13. The van der Waals surface area contributed by atoms with E-state index in [9.17, 15) is 29.2 Å². The molecule has 3 aromatic rings. The van der Waals surface area contributed by atoms with Crippen molar-refractivity contribution in [1.82, 2.24) is 25.5 Å². The van der Waals surface area contributed by atoms with Crippen LogP contribution in [0.4, 0.5) is 10.6 Å². The summed E-state index contributed by atoms with van der Waals surface area (Å²) in [6, 6.07) is 10.2. The van der Waals surface area contributed by atoms with Crippen molar-refractivity contribution in [3.05, 3.63) is 71.2 Å². The van der Waals surface area contributed by atoms with Crippen LogP contribution in [0.5, 0.6) is 5.75 Å². The number of imide groups is 2. The quantitative estimate of drug-likeness (QED) is 0.377. The van der Waals surface area contributed by atoms with E-state index in [0.29, 0.717) is 16.9 Å². The number of nitrogens with zero attached hydrogens (tertiary/aromatic N) is 4. The Morgan fingerprint density at radius 2 is 1.88 bits per heavy atom. The van der Waals surface area contributed by atoms with Crippen LogP contribution >= 0.6 is 0 Å². The molecule has 13 nitrogen and oxygen atoms in total. The lowest BCUT2D eigenvalue weighted by atomic mass is 9.91. The summed E-state index contributed by atoms with van der Waals surface area (Å²) in [5.74, 6) is -2.16. The molecule has 1 atom stereocenters. The number of urea groups is 1. The zero-order valence-corrected chi connectivity index (χ0v) is 22.8. The van der Waals surface area contributed by atoms with E-state index < -0.39 is 41.2 Å². The summed E-state index contributed by atoms with van der Waals surface area (Å²) in [5.41, 5.74) is 1.44. The lowest BCUT2D eigenvalue weighted by Crippen LogP contribution is -2.54. The van der Waals surface area contributed by atoms with E-state index in [2.05, 4.69) is 32.0 Å². The Balaban J connectivity index is 1.31. The number of rotatable bonds is 6. The number of carbonyl (C=O) groups excluding carboxylic acids is 5. The predicted molar refractivity (Wildman–Crippen MR) is 147 cm³/mol. The molecule has 2 aliphatic heterocycles. The summed E-state index contributed by atoms with van der Waals surface area (Å²) in [6.45, 7) is 3.55. The van der Waals surface area contributed by atoms with Crippen LogP contribution in [0.2, 0.25) is 0 Å². The van der Waals surface area contributed by atoms with Crippen LogP contribution in [0.15, 0.2) is 48.8 Å². The van der Waals surface area contributed by atoms with E-state index >= 15 is 0 Å². The van der Waals surface area contributed by atoms with Gasteiger partial charge in [-0.25, -0.2) is 9.78 Å². The minimum atomic E-state index is -1.12. The number of nitrogens with one attached hydrogen (secondary N) is 3. The topological polar surface area (TPSA) is 183 Å². The van der Waals surface area contributed by atoms with Crippen LogP contribution < -0.4 is 20.7 Å². The molecule has 1 fully saturated rings. The highest BCUT2D eigenvalue weighted by atomic mass is 16.5. The molecular weight excluding hydrogens is 542 g/mol. The largest absolute Gasteiger partial charge is 0.496 e. The first-order valence-corrected chi connectivity index (χ1v) is 12.9. The first-order chi connectivity index (χ1) is 20.0. The van der Waals surface area contributed by atoms with Crippen LogP contribution in [-0.2, 0) is 15.1 Å². The van der Waals surface area contributed by atoms with Crippen molar-refractivity contribution in [2.45, 2.75) is 38.3 Å². The highest BCUT2D eigenvalue weighted by Crippen LogP contribution is 2.34. The normalized spacial score (nSPS) is 16.4. The molecule has 0 saturated carbocycles. The zero-order chi connectivity index (χ0) is 30.2. The van der Waals surface area contributed by atoms with Gasteiger partial charge in [-0.3, -0.25) is 39.7 Å². The Labute approximate surface area is 239 Å². The van der Waals surface area contributed by atoms with Gasteiger partial charge in [-0.05, 0) is 50.1 Å². The number of hydrogen-bond acceptors (Lipinski definition) is 9. The fourth-order valence-electron chi connectivity index (χ4n) is 4.96. The molecule has 6 amide bonds. The van der Waals surface area contributed by atoms with Crippen LogP contribution in [0.1, 0.15) is 58.7 Å². The molecule has 5 rings (SSSR count). The van der Waals surface area contributed by atoms with Crippen molar-refractivity contribution < 1.29 is 28.7 Å². The third-order valence-electron chi connectivity index (χ3n) is 7.03. The Morgan fingerprint density at radius 3 is 2.60 bits per heavy atom. The van der Waals surface area contributed by atoms with Gasteiger partial charge in [-0.2, -0.15) is 5.26 Å². The highest BCUT2D eigenvalue weighted by Gasteiger charge is 2.45. The minimum absolute atomic E-state index is 0.000890. The number of benzene rings is 1. The fourth-order valence-corrected chi connectivity index (χ4v) is 4.96. The summed E-state index contributed by atoms with van der Waals surface area (Å²) < 4.78 is 5.61. The monoisotopic (exact) mass is 567 g/mol. The van der Waals surface area contributed by atoms with Crippen molar-refractivity contribution in [2.75, 3.05) is 12.4 Å². The van der Waals surface area contributed by atoms with Gasteiger partial charge < -0.3 is 10.1 Å². The summed E-state index contributed by atoms with van der Waals surface area (Å²) in [4.78, 5) is 71.8.